The van der Waals surface area contributed by atoms with E-state index in [0.29, 0.717) is 28.9 Å². The summed E-state index contributed by atoms with van der Waals surface area (Å²) in [6.07, 6.45) is 1.28. The number of Topliss-reactive ketones (excluding diaryl/α,β-unsaturated/α-hetero) is 1. The van der Waals surface area contributed by atoms with Crippen LogP contribution in [0.2, 0.25) is 0 Å². The minimum Gasteiger partial charge on any atom is -0.490 e. The van der Waals surface area contributed by atoms with Gasteiger partial charge in [0.15, 0.2) is 11.4 Å². The van der Waals surface area contributed by atoms with Crippen molar-refractivity contribution < 1.29 is 18.7 Å². The molecular formula is C20H24O5. The zero-order valence-electron chi connectivity index (χ0n) is 15.3. The molecule has 5 nitrogen and oxygen atoms in total. The highest BCUT2D eigenvalue weighted by Crippen LogP contribution is 2.42. The average molecular weight is 344 g/mol. The van der Waals surface area contributed by atoms with E-state index in [9.17, 15) is 9.59 Å². The monoisotopic (exact) mass is 344 g/mol. The Balaban J connectivity index is 2.40. The van der Waals surface area contributed by atoms with Crippen molar-refractivity contribution in [2.75, 3.05) is 0 Å². The van der Waals surface area contributed by atoms with E-state index in [2.05, 4.69) is 0 Å². The molecule has 2 atom stereocenters. The highest BCUT2D eigenvalue weighted by molar-refractivity contribution is 6.12. The second kappa shape index (κ2) is 6.54. The number of ketones is 1. The molecule has 0 amide bonds. The second-order valence-corrected chi connectivity index (χ2v) is 6.94. The van der Waals surface area contributed by atoms with Crippen LogP contribution in [0.1, 0.15) is 57.0 Å². The van der Waals surface area contributed by atoms with Gasteiger partial charge >= 0.3 is 5.63 Å². The van der Waals surface area contributed by atoms with Crippen LogP contribution in [0, 0.1) is 5.92 Å². The molecule has 0 bridgehead atoms. The molecule has 25 heavy (non-hydrogen) atoms. The molecule has 0 radical (unpaired) electrons. The SMILES string of the molecule is CCCc1cc(=O)oc2c3c(cc(OC(C)C)c12)O[C@@H](C)[C@H](C)C3=O. The Morgan fingerprint density at radius 3 is 2.56 bits per heavy atom. The lowest BCUT2D eigenvalue weighted by molar-refractivity contribution is 0.0730. The molecule has 2 heterocycles. The molecule has 2 aromatic rings. The van der Waals surface area contributed by atoms with Gasteiger partial charge in [0.1, 0.15) is 23.2 Å². The molecule has 0 saturated carbocycles. The van der Waals surface area contributed by atoms with Crippen LogP contribution in [0.3, 0.4) is 0 Å². The van der Waals surface area contributed by atoms with Gasteiger partial charge in [0.2, 0.25) is 0 Å². The zero-order chi connectivity index (χ0) is 18.3. The number of hydrogen-bond donors (Lipinski definition) is 0. The molecule has 0 fully saturated rings. The van der Waals surface area contributed by atoms with Crippen molar-refractivity contribution in [3.8, 4) is 11.5 Å². The van der Waals surface area contributed by atoms with Crippen molar-refractivity contribution in [1.29, 1.82) is 0 Å². The first-order valence-electron chi connectivity index (χ1n) is 8.84. The molecule has 0 unspecified atom stereocenters. The van der Waals surface area contributed by atoms with E-state index in [1.54, 1.807) is 6.07 Å². The summed E-state index contributed by atoms with van der Waals surface area (Å²) in [5.41, 5.74) is 1.02. The van der Waals surface area contributed by atoms with Gasteiger partial charge in [-0.05, 0) is 32.8 Å². The lowest BCUT2D eigenvalue weighted by Gasteiger charge is -2.29. The molecule has 0 saturated heterocycles. The molecule has 0 aliphatic carbocycles. The fraction of sp³-hybridized carbons (Fsp3) is 0.500. The lowest BCUT2D eigenvalue weighted by Crippen LogP contribution is -2.34. The number of fused-ring (bicyclic) bond motifs is 3. The minimum atomic E-state index is -0.459. The fourth-order valence-electron chi connectivity index (χ4n) is 3.25. The molecule has 1 aromatic carbocycles. The maximum absolute atomic E-state index is 12.9. The quantitative estimate of drug-likeness (QED) is 0.780. The van der Waals surface area contributed by atoms with Crippen LogP contribution >= 0.6 is 0 Å². The Labute approximate surface area is 146 Å². The fourth-order valence-corrected chi connectivity index (χ4v) is 3.25. The number of carbonyl (C=O) groups excluding carboxylic acids is 1. The number of aryl methyl sites for hydroxylation is 1. The molecule has 0 spiro atoms. The highest BCUT2D eigenvalue weighted by Gasteiger charge is 2.35. The lowest BCUT2D eigenvalue weighted by atomic mass is 9.89. The summed E-state index contributed by atoms with van der Waals surface area (Å²) >= 11 is 0. The van der Waals surface area contributed by atoms with Crippen molar-refractivity contribution in [1.82, 2.24) is 0 Å². The molecule has 5 heteroatoms. The summed E-state index contributed by atoms with van der Waals surface area (Å²) in [6, 6.07) is 3.25. The van der Waals surface area contributed by atoms with Gasteiger partial charge in [-0.3, -0.25) is 4.79 Å². The van der Waals surface area contributed by atoms with E-state index in [4.69, 9.17) is 13.9 Å². The maximum Gasteiger partial charge on any atom is 0.336 e. The summed E-state index contributed by atoms with van der Waals surface area (Å²) in [4.78, 5) is 25.0. The third-order valence-electron chi connectivity index (χ3n) is 4.58. The number of benzene rings is 1. The van der Waals surface area contributed by atoms with Crippen molar-refractivity contribution >= 4 is 16.8 Å². The number of hydrogen-bond acceptors (Lipinski definition) is 5. The van der Waals surface area contributed by atoms with Crippen LogP contribution in [0.15, 0.2) is 21.3 Å². The van der Waals surface area contributed by atoms with Crippen LogP contribution < -0.4 is 15.1 Å². The maximum atomic E-state index is 12.9. The van der Waals surface area contributed by atoms with E-state index >= 15 is 0 Å². The summed E-state index contributed by atoms with van der Waals surface area (Å²) in [7, 11) is 0. The predicted molar refractivity (Wildman–Crippen MR) is 95.8 cm³/mol. The smallest absolute Gasteiger partial charge is 0.336 e. The van der Waals surface area contributed by atoms with Crippen molar-refractivity contribution in [2.45, 2.75) is 59.7 Å². The molecule has 3 rings (SSSR count). The Hall–Kier alpha value is -2.30. The van der Waals surface area contributed by atoms with Crippen LogP contribution in [0.5, 0.6) is 11.5 Å². The van der Waals surface area contributed by atoms with Crippen molar-refractivity contribution in [2.24, 2.45) is 5.92 Å². The van der Waals surface area contributed by atoms with Gasteiger partial charge in [0.25, 0.3) is 0 Å². The van der Waals surface area contributed by atoms with Gasteiger partial charge in [-0.2, -0.15) is 0 Å². The van der Waals surface area contributed by atoms with Gasteiger partial charge in [-0.15, -0.1) is 0 Å². The van der Waals surface area contributed by atoms with Crippen LogP contribution in [0.25, 0.3) is 11.0 Å². The van der Waals surface area contributed by atoms with Crippen LogP contribution in [0.4, 0.5) is 0 Å². The standard InChI is InChI=1S/C20H24O5/c1-6-7-13-8-16(21)25-20-17(13)14(23-10(2)3)9-15-18(20)19(22)11(4)12(5)24-15/h8-12H,6-7H2,1-5H3/t11-,12-/m0/s1. The predicted octanol–water partition coefficient (Wildman–Crippen LogP) is 4.13. The normalized spacial score (nSPS) is 19.8. The van der Waals surface area contributed by atoms with Gasteiger partial charge in [0, 0.05) is 12.1 Å². The van der Waals surface area contributed by atoms with Gasteiger partial charge in [-0.25, -0.2) is 4.79 Å². The molecule has 134 valence electrons. The first-order valence-corrected chi connectivity index (χ1v) is 8.84. The number of rotatable bonds is 4. The van der Waals surface area contributed by atoms with E-state index in [1.807, 2.05) is 34.6 Å². The van der Waals surface area contributed by atoms with E-state index in [1.165, 1.54) is 6.07 Å². The van der Waals surface area contributed by atoms with Crippen LogP contribution in [-0.2, 0) is 6.42 Å². The Morgan fingerprint density at radius 2 is 1.92 bits per heavy atom. The number of carbonyl (C=O) groups is 1. The van der Waals surface area contributed by atoms with Gasteiger partial charge in [0.05, 0.1) is 17.4 Å². The Morgan fingerprint density at radius 1 is 1.20 bits per heavy atom. The van der Waals surface area contributed by atoms with E-state index in [-0.39, 0.29) is 29.5 Å². The third kappa shape index (κ3) is 3.03. The molecule has 1 aliphatic rings. The summed E-state index contributed by atoms with van der Waals surface area (Å²) in [5.74, 6) is 0.653. The molecule has 0 N–H and O–H groups in total. The Bertz CT molecular complexity index is 878. The average Bonchev–Trinajstić information content (AvgIpc) is 2.51. The summed E-state index contributed by atoms with van der Waals surface area (Å²) in [6.45, 7) is 9.59. The van der Waals surface area contributed by atoms with Gasteiger partial charge in [-0.1, -0.05) is 20.3 Å². The zero-order valence-corrected chi connectivity index (χ0v) is 15.3. The number of ether oxygens (including phenoxy) is 2. The van der Waals surface area contributed by atoms with Crippen LogP contribution in [-0.4, -0.2) is 18.0 Å². The first kappa shape index (κ1) is 17.5. The topological polar surface area (TPSA) is 65.7 Å². The summed E-state index contributed by atoms with van der Waals surface area (Å²) < 4.78 is 17.4. The van der Waals surface area contributed by atoms with Gasteiger partial charge < -0.3 is 13.9 Å². The summed E-state index contributed by atoms with van der Waals surface area (Å²) in [5, 5.41) is 0.701. The second-order valence-electron chi connectivity index (χ2n) is 6.94. The first-order chi connectivity index (χ1) is 11.8. The van der Waals surface area contributed by atoms with E-state index in [0.717, 1.165) is 12.0 Å². The highest BCUT2D eigenvalue weighted by atomic mass is 16.5. The largest absolute Gasteiger partial charge is 0.490 e. The minimum absolute atomic E-state index is 0.0571. The van der Waals surface area contributed by atoms with E-state index < -0.39 is 5.63 Å². The van der Waals surface area contributed by atoms with Crippen molar-refractivity contribution in [3.05, 3.63) is 33.7 Å². The third-order valence-corrected chi connectivity index (χ3v) is 4.58. The molecular weight excluding hydrogens is 320 g/mol. The molecule has 1 aromatic heterocycles. The molecule has 1 aliphatic heterocycles. The Kier molecular flexibility index (Phi) is 4.58. The van der Waals surface area contributed by atoms with Crippen molar-refractivity contribution in [3.63, 3.8) is 0 Å².